The highest BCUT2D eigenvalue weighted by atomic mass is 19.1. The van der Waals surface area contributed by atoms with E-state index in [2.05, 4.69) is 6.07 Å². The van der Waals surface area contributed by atoms with Crippen molar-refractivity contribution in [1.29, 1.82) is 0 Å². The number of ether oxygens (including phenoxy) is 2. The molecule has 0 saturated heterocycles. The van der Waals surface area contributed by atoms with Gasteiger partial charge in [-0.1, -0.05) is 18.2 Å². The van der Waals surface area contributed by atoms with Crippen LogP contribution in [-0.2, 0) is 16.0 Å². The molecule has 6 heteroatoms. The number of carbonyl (C=O) groups excluding carboxylic acids is 1. The molecule has 0 amide bonds. The Kier molecular flexibility index (Phi) is 5.57. The number of hydrogen-bond donors (Lipinski definition) is 0. The van der Waals surface area contributed by atoms with E-state index in [9.17, 15) is 9.18 Å². The van der Waals surface area contributed by atoms with Crippen molar-refractivity contribution in [2.45, 2.75) is 32.7 Å². The molecule has 0 unspecified atom stereocenters. The third-order valence-electron chi connectivity index (χ3n) is 5.69. The van der Waals surface area contributed by atoms with Crippen LogP contribution in [0.15, 0.2) is 59.3 Å². The van der Waals surface area contributed by atoms with E-state index >= 15 is 0 Å². The van der Waals surface area contributed by atoms with Gasteiger partial charge in [0.2, 0.25) is 0 Å². The Hall–Kier alpha value is -3.15. The van der Waals surface area contributed by atoms with Gasteiger partial charge in [0, 0.05) is 23.3 Å². The van der Waals surface area contributed by atoms with Gasteiger partial charge in [0.25, 0.3) is 0 Å². The Balaban J connectivity index is 1.80. The van der Waals surface area contributed by atoms with E-state index in [0.29, 0.717) is 12.3 Å². The zero-order valence-corrected chi connectivity index (χ0v) is 17.4. The number of benzene rings is 2. The molecule has 0 saturated carbocycles. The second-order valence-electron chi connectivity index (χ2n) is 7.54. The summed E-state index contributed by atoms with van der Waals surface area (Å²) in [6, 6.07) is 12.5. The lowest BCUT2D eigenvalue weighted by Gasteiger charge is -2.31. The minimum Gasteiger partial charge on any atom is -0.497 e. The Morgan fingerprint density at radius 3 is 2.87 bits per heavy atom. The van der Waals surface area contributed by atoms with Crippen LogP contribution in [0.4, 0.5) is 4.39 Å². The molecule has 156 valence electrons. The van der Waals surface area contributed by atoms with E-state index in [1.54, 1.807) is 26.2 Å². The van der Waals surface area contributed by atoms with Gasteiger partial charge in [0.1, 0.15) is 11.6 Å². The summed E-state index contributed by atoms with van der Waals surface area (Å²) >= 11 is 0. The van der Waals surface area contributed by atoms with Crippen LogP contribution in [0.25, 0.3) is 0 Å². The number of esters is 1. The average molecular weight is 408 g/mol. The first-order valence-electron chi connectivity index (χ1n) is 10.2. The largest absolute Gasteiger partial charge is 0.497 e. The quantitative estimate of drug-likeness (QED) is 0.535. The number of hydrazone groups is 1. The summed E-state index contributed by atoms with van der Waals surface area (Å²) in [6.45, 7) is 3.91. The zero-order valence-electron chi connectivity index (χ0n) is 17.4. The molecule has 1 aliphatic carbocycles. The average Bonchev–Trinajstić information content (AvgIpc) is 3.13. The molecule has 0 bridgehead atoms. The molecule has 2 atom stereocenters. The summed E-state index contributed by atoms with van der Waals surface area (Å²) in [5.74, 6) is 0.157. The smallest absolute Gasteiger partial charge is 0.332 e. The molecule has 0 aromatic heterocycles. The summed E-state index contributed by atoms with van der Waals surface area (Å²) in [6.07, 6.45) is 3.25. The minimum atomic E-state index is -0.412. The van der Waals surface area contributed by atoms with E-state index in [1.165, 1.54) is 17.7 Å². The Morgan fingerprint density at radius 2 is 2.13 bits per heavy atom. The number of aryl methyl sites for hydroxylation is 1. The summed E-state index contributed by atoms with van der Waals surface area (Å²) in [5.41, 5.74) is 4.72. The summed E-state index contributed by atoms with van der Waals surface area (Å²) in [5, 5.41) is 6.76. The SMILES string of the molecule is CCOC(=O)/C=C(\C)N1N=C2c3cc(OC)ccc3CC[C@H]2[C@@H]1c1cccc(F)c1. The molecule has 5 nitrogen and oxygen atoms in total. The van der Waals surface area contributed by atoms with Crippen LogP contribution >= 0.6 is 0 Å². The van der Waals surface area contributed by atoms with E-state index in [1.807, 2.05) is 30.1 Å². The molecule has 2 aromatic carbocycles. The van der Waals surface area contributed by atoms with Gasteiger partial charge in [-0.2, -0.15) is 5.10 Å². The third-order valence-corrected chi connectivity index (χ3v) is 5.69. The predicted molar refractivity (Wildman–Crippen MR) is 113 cm³/mol. The molecule has 0 N–H and O–H groups in total. The van der Waals surface area contributed by atoms with Gasteiger partial charge >= 0.3 is 5.97 Å². The second-order valence-corrected chi connectivity index (χ2v) is 7.54. The van der Waals surface area contributed by atoms with Crippen molar-refractivity contribution in [3.8, 4) is 5.75 Å². The zero-order chi connectivity index (χ0) is 21.3. The van der Waals surface area contributed by atoms with Crippen molar-refractivity contribution in [2.24, 2.45) is 11.0 Å². The van der Waals surface area contributed by atoms with Gasteiger partial charge < -0.3 is 9.47 Å². The maximum atomic E-state index is 14.1. The summed E-state index contributed by atoms with van der Waals surface area (Å²) in [4.78, 5) is 12.1. The number of allylic oxidation sites excluding steroid dienone is 1. The summed E-state index contributed by atoms with van der Waals surface area (Å²) in [7, 11) is 1.65. The molecule has 30 heavy (non-hydrogen) atoms. The van der Waals surface area contributed by atoms with E-state index in [4.69, 9.17) is 14.6 Å². The fourth-order valence-electron chi connectivity index (χ4n) is 4.35. The lowest BCUT2D eigenvalue weighted by Crippen LogP contribution is -2.28. The van der Waals surface area contributed by atoms with Crippen LogP contribution in [0.5, 0.6) is 5.75 Å². The molecular formula is C24H25FN2O3. The van der Waals surface area contributed by atoms with Crippen LogP contribution in [0.1, 0.15) is 43.0 Å². The predicted octanol–water partition coefficient (Wildman–Crippen LogP) is 4.62. The molecule has 2 aromatic rings. The molecule has 1 aliphatic heterocycles. The second kappa shape index (κ2) is 8.30. The number of fused-ring (bicyclic) bond motifs is 3. The number of hydrogen-bond acceptors (Lipinski definition) is 5. The van der Waals surface area contributed by atoms with Crippen molar-refractivity contribution in [3.63, 3.8) is 0 Å². The fourth-order valence-corrected chi connectivity index (χ4v) is 4.35. The highest BCUT2D eigenvalue weighted by Crippen LogP contribution is 2.45. The highest BCUT2D eigenvalue weighted by Gasteiger charge is 2.42. The highest BCUT2D eigenvalue weighted by molar-refractivity contribution is 6.06. The van der Waals surface area contributed by atoms with Crippen molar-refractivity contribution < 1.29 is 18.7 Å². The Morgan fingerprint density at radius 1 is 1.30 bits per heavy atom. The van der Waals surface area contributed by atoms with Gasteiger partial charge in [0.05, 0.1) is 25.5 Å². The van der Waals surface area contributed by atoms with Crippen molar-refractivity contribution in [3.05, 3.63) is 76.7 Å². The molecule has 4 rings (SSSR count). The van der Waals surface area contributed by atoms with Gasteiger partial charge in [-0.05, 0) is 62.1 Å². The molecule has 0 spiro atoms. The Bertz CT molecular complexity index is 1030. The first-order chi connectivity index (χ1) is 14.5. The van der Waals surface area contributed by atoms with Crippen LogP contribution < -0.4 is 4.74 Å². The van der Waals surface area contributed by atoms with E-state index in [-0.39, 0.29) is 17.8 Å². The van der Waals surface area contributed by atoms with Crippen LogP contribution in [0.3, 0.4) is 0 Å². The maximum absolute atomic E-state index is 14.1. The number of halogens is 1. The molecular weight excluding hydrogens is 383 g/mol. The molecule has 0 radical (unpaired) electrons. The van der Waals surface area contributed by atoms with Crippen molar-refractivity contribution in [2.75, 3.05) is 13.7 Å². The van der Waals surface area contributed by atoms with Crippen LogP contribution in [0.2, 0.25) is 0 Å². The van der Waals surface area contributed by atoms with Gasteiger partial charge in [-0.3, -0.25) is 5.01 Å². The topological polar surface area (TPSA) is 51.1 Å². The first-order valence-corrected chi connectivity index (χ1v) is 10.2. The van der Waals surface area contributed by atoms with Crippen molar-refractivity contribution >= 4 is 11.7 Å². The van der Waals surface area contributed by atoms with E-state index < -0.39 is 5.97 Å². The monoisotopic (exact) mass is 408 g/mol. The normalized spacial score (nSPS) is 20.3. The van der Waals surface area contributed by atoms with Crippen LogP contribution in [-0.4, -0.2) is 30.4 Å². The Labute approximate surface area is 175 Å². The minimum absolute atomic E-state index is 0.0805. The first kappa shape index (κ1) is 20.1. The third kappa shape index (κ3) is 3.70. The standard InChI is InChI=1S/C24H25FN2O3/c1-4-30-22(28)12-15(2)27-24(17-6-5-7-18(25)13-17)20-11-9-16-8-10-19(29-3)14-21(16)23(20)26-27/h5-8,10,12-14,20,24H,4,9,11H2,1-3H3/b15-12+/t20-,24+/m1/s1. The van der Waals surface area contributed by atoms with Gasteiger partial charge in [-0.15, -0.1) is 0 Å². The number of rotatable bonds is 5. The lowest BCUT2D eigenvalue weighted by molar-refractivity contribution is -0.137. The number of carbonyl (C=O) groups is 1. The molecule has 1 heterocycles. The number of methoxy groups -OCH3 is 1. The molecule has 2 aliphatic rings. The van der Waals surface area contributed by atoms with Crippen LogP contribution in [0, 0.1) is 11.7 Å². The number of nitrogens with zero attached hydrogens (tertiary/aromatic N) is 2. The van der Waals surface area contributed by atoms with Gasteiger partial charge in [0.15, 0.2) is 0 Å². The van der Waals surface area contributed by atoms with E-state index in [0.717, 1.165) is 35.4 Å². The lowest BCUT2D eigenvalue weighted by atomic mass is 9.77. The molecule has 0 fully saturated rings. The summed E-state index contributed by atoms with van der Waals surface area (Å²) < 4.78 is 24.5. The maximum Gasteiger partial charge on any atom is 0.332 e. The van der Waals surface area contributed by atoms with Gasteiger partial charge in [-0.25, -0.2) is 9.18 Å². The van der Waals surface area contributed by atoms with Crippen molar-refractivity contribution in [1.82, 2.24) is 5.01 Å². The fraction of sp³-hybridized carbons (Fsp3) is 0.333.